The molecule has 1 aliphatic rings. The number of hydrogen-bond acceptors (Lipinski definition) is 2. The third kappa shape index (κ3) is 2.63. The van der Waals surface area contributed by atoms with Gasteiger partial charge in [0, 0.05) is 0 Å². The first kappa shape index (κ1) is 13.2. The van der Waals surface area contributed by atoms with Crippen LogP contribution in [0.4, 0.5) is 0 Å². The fourth-order valence-electron chi connectivity index (χ4n) is 3.34. The van der Waals surface area contributed by atoms with Crippen LogP contribution in [0.25, 0.3) is 0 Å². The maximum atomic E-state index is 3.88. The van der Waals surface area contributed by atoms with E-state index in [4.69, 9.17) is 0 Å². The van der Waals surface area contributed by atoms with Crippen molar-refractivity contribution in [1.29, 1.82) is 0 Å². The molecule has 0 amide bonds. The molecular weight excluding hydrogens is 200 g/mol. The molecule has 0 bridgehead atoms. The van der Waals surface area contributed by atoms with E-state index < -0.39 is 8.40 Å². The number of hydrogen-bond donors (Lipinski definition) is 2. The van der Waals surface area contributed by atoms with Gasteiger partial charge < -0.3 is 9.96 Å². The van der Waals surface area contributed by atoms with Crippen molar-refractivity contribution in [2.45, 2.75) is 64.5 Å². The molecule has 1 rings (SSSR count). The molecule has 0 aromatic rings. The van der Waals surface area contributed by atoms with Crippen LogP contribution in [0.15, 0.2) is 0 Å². The fraction of sp³-hybridized carbons (Fsp3) is 1.00. The maximum Gasteiger partial charge on any atom is 0.207 e. The maximum absolute atomic E-state index is 3.88. The molecule has 1 aliphatic heterocycles. The molecule has 1 saturated heterocycles. The lowest BCUT2D eigenvalue weighted by Gasteiger charge is -2.47. The van der Waals surface area contributed by atoms with Crippen LogP contribution in [0.5, 0.6) is 0 Å². The molecule has 0 spiro atoms. The first-order chi connectivity index (χ1) is 7.21. The highest BCUT2D eigenvalue weighted by Gasteiger charge is 2.46. The van der Waals surface area contributed by atoms with Gasteiger partial charge in [0.15, 0.2) is 0 Å². The second kappa shape index (κ2) is 6.02. The van der Waals surface area contributed by atoms with E-state index in [1.165, 1.54) is 25.7 Å². The van der Waals surface area contributed by atoms with Crippen LogP contribution < -0.4 is 9.96 Å². The van der Waals surface area contributed by atoms with E-state index in [1.54, 1.807) is 0 Å². The van der Waals surface area contributed by atoms with E-state index in [0.717, 1.165) is 24.2 Å². The van der Waals surface area contributed by atoms with Crippen LogP contribution >= 0.6 is 0 Å². The fourth-order valence-corrected chi connectivity index (χ4v) is 8.68. The second-order valence-corrected chi connectivity index (χ2v) is 9.11. The van der Waals surface area contributed by atoms with Gasteiger partial charge in [0.2, 0.25) is 8.40 Å². The van der Waals surface area contributed by atoms with Crippen LogP contribution in [0.1, 0.15) is 53.4 Å². The van der Waals surface area contributed by atoms with Gasteiger partial charge in [-0.3, -0.25) is 0 Å². The van der Waals surface area contributed by atoms with Gasteiger partial charge in [0.25, 0.3) is 0 Å². The Morgan fingerprint density at radius 3 is 2.13 bits per heavy atom. The molecule has 1 fully saturated rings. The molecule has 90 valence electrons. The molecule has 3 heteroatoms. The molecule has 2 atom stereocenters. The number of rotatable bonds is 5. The molecule has 2 unspecified atom stereocenters. The zero-order chi connectivity index (χ0) is 11.3. The van der Waals surface area contributed by atoms with Gasteiger partial charge in [-0.15, -0.1) is 0 Å². The second-order valence-electron chi connectivity index (χ2n) is 4.87. The lowest BCUT2D eigenvalue weighted by atomic mass is 10.1. The highest BCUT2D eigenvalue weighted by atomic mass is 28.3. The summed E-state index contributed by atoms with van der Waals surface area (Å²) >= 11 is 0. The normalized spacial score (nSPS) is 30.4. The van der Waals surface area contributed by atoms with Gasteiger partial charge >= 0.3 is 0 Å². The van der Waals surface area contributed by atoms with Crippen molar-refractivity contribution >= 4 is 8.40 Å². The quantitative estimate of drug-likeness (QED) is 0.707. The summed E-state index contributed by atoms with van der Waals surface area (Å²) in [6.07, 6.45) is 5.64. The first-order valence-corrected chi connectivity index (χ1v) is 8.86. The predicted molar refractivity (Wildman–Crippen MR) is 70.4 cm³/mol. The molecule has 0 aromatic heterocycles. The third-order valence-electron chi connectivity index (χ3n) is 4.04. The Balaban J connectivity index is 2.83. The van der Waals surface area contributed by atoms with Crippen molar-refractivity contribution in [3.05, 3.63) is 0 Å². The third-order valence-corrected chi connectivity index (χ3v) is 9.75. The summed E-state index contributed by atoms with van der Waals surface area (Å²) in [6, 6.07) is 0. The van der Waals surface area contributed by atoms with Crippen molar-refractivity contribution in [2.24, 2.45) is 0 Å². The Labute approximate surface area is 96.4 Å². The Morgan fingerprint density at radius 1 is 1.07 bits per heavy atom. The summed E-state index contributed by atoms with van der Waals surface area (Å²) in [5, 5.41) is 0. The largest absolute Gasteiger partial charge is 0.325 e. The predicted octanol–water partition coefficient (Wildman–Crippen LogP) is 3.00. The molecule has 1 heterocycles. The van der Waals surface area contributed by atoms with E-state index in [2.05, 4.69) is 37.7 Å². The molecule has 2 nitrogen and oxygen atoms in total. The van der Waals surface area contributed by atoms with Crippen LogP contribution in [0.3, 0.4) is 0 Å². The topological polar surface area (TPSA) is 24.1 Å². The van der Waals surface area contributed by atoms with Crippen molar-refractivity contribution < 1.29 is 0 Å². The van der Waals surface area contributed by atoms with Gasteiger partial charge in [-0.05, 0) is 24.2 Å². The molecular formula is C12H28N2Si. The molecule has 0 radical (unpaired) electrons. The van der Waals surface area contributed by atoms with E-state index in [1.807, 2.05) is 0 Å². The van der Waals surface area contributed by atoms with Crippen molar-refractivity contribution in [3.8, 4) is 0 Å². The first-order valence-electron chi connectivity index (χ1n) is 6.71. The van der Waals surface area contributed by atoms with Crippen molar-refractivity contribution in [1.82, 2.24) is 9.96 Å². The number of nitrogens with one attached hydrogen (secondary N) is 2. The van der Waals surface area contributed by atoms with Gasteiger partial charge in [-0.25, -0.2) is 0 Å². The van der Waals surface area contributed by atoms with Crippen molar-refractivity contribution in [2.75, 3.05) is 13.1 Å². The Kier molecular flexibility index (Phi) is 5.30. The minimum Gasteiger partial charge on any atom is -0.325 e. The van der Waals surface area contributed by atoms with Gasteiger partial charge in [-0.1, -0.05) is 53.4 Å². The smallest absolute Gasteiger partial charge is 0.207 e. The summed E-state index contributed by atoms with van der Waals surface area (Å²) in [7, 11) is -1.42. The Bertz CT molecular complexity index is 178. The highest BCUT2D eigenvalue weighted by Crippen LogP contribution is 2.42. The minimum atomic E-state index is -1.42. The zero-order valence-corrected chi connectivity index (χ0v) is 11.9. The van der Waals surface area contributed by atoms with Gasteiger partial charge in [0.05, 0.1) is 0 Å². The monoisotopic (exact) mass is 228 g/mol. The van der Waals surface area contributed by atoms with Crippen LogP contribution in [-0.2, 0) is 0 Å². The van der Waals surface area contributed by atoms with Crippen LogP contribution in [-0.4, -0.2) is 21.5 Å². The van der Waals surface area contributed by atoms with Gasteiger partial charge in [0.1, 0.15) is 0 Å². The zero-order valence-electron chi connectivity index (χ0n) is 10.9. The van der Waals surface area contributed by atoms with Crippen molar-refractivity contribution in [3.63, 3.8) is 0 Å². The summed E-state index contributed by atoms with van der Waals surface area (Å²) in [5.41, 5.74) is 1.82. The average molecular weight is 228 g/mol. The summed E-state index contributed by atoms with van der Waals surface area (Å²) in [6.45, 7) is 11.6. The Hall–Kier alpha value is 0.137. The van der Waals surface area contributed by atoms with E-state index >= 15 is 0 Å². The lowest BCUT2D eigenvalue weighted by molar-refractivity contribution is 0.509. The molecule has 15 heavy (non-hydrogen) atoms. The summed E-state index contributed by atoms with van der Waals surface area (Å²) < 4.78 is 0. The molecule has 0 saturated carbocycles. The van der Waals surface area contributed by atoms with Crippen LogP contribution in [0, 0.1) is 0 Å². The van der Waals surface area contributed by atoms with Gasteiger partial charge in [-0.2, -0.15) is 0 Å². The van der Waals surface area contributed by atoms with E-state index in [-0.39, 0.29) is 0 Å². The Morgan fingerprint density at radius 2 is 1.67 bits per heavy atom. The highest BCUT2D eigenvalue weighted by molar-refractivity contribution is 6.78. The lowest BCUT2D eigenvalue weighted by Crippen LogP contribution is -2.68. The van der Waals surface area contributed by atoms with Crippen LogP contribution in [0.2, 0.25) is 11.1 Å². The minimum absolute atomic E-state index is 0.885. The molecule has 0 aliphatic carbocycles. The standard InChI is InChI=1S/C12H28N2Si/c1-5-12-10-8-9-11(4)15(12,13-6-2)14-7-3/h11-14H,5-10H2,1-4H3. The molecule has 0 aromatic carbocycles. The summed E-state index contributed by atoms with van der Waals surface area (Å²) in [5.74, 6) is 0. The summed E-state index contributed by atoms with van der Waals surface area (Å²) in [4.78, 5) is 7.75. The van der Waals surface area contributed by atoms with E-state index in [9.17, 15) is 0 Å². The molecule has 2 N–H and O–H groups in total. The average Bonchev–Trinajstić information content (AvgIpc) is 2.23. The SMILES string of the molecule is CCN[Si]1(NCC)C(C)CCCC1CC. The van der Waals surface area contributed by atoms with E-state index in [0.29, 0.717) is 0 Å².